The minimum Gasteiger partial charge on any atom is -0.332 e. The van der Waals surface area contributed by atoms with Gasteiger partial charge in [0, 0.05) is 22.7 Å². The Morgan fingerprint density at radius 3 is 2.53 bits per heavy atom. The third kappa shape index (κ3) is 2.80. The quantitative estimate of drug-likeness (QED) is 0.689. The highest BCUT2D eigenvalue weighted by Crippen LogP contribution is 2.18. The monoisotopic (exact) mass is 272 g/mol. The minimum atomic E-state index is 0.557. The lowest BCUT2D eigenvalue weighted by Crippen LogP contribution is -2.32. The van der Waals surface area contributed by atoms with Crippen LogP contribution in [0.25, 0.3) is 11.4 Å². The molecule has 19 heavy (non-hydrogen) atoms. The Morgan fingerprint density at radius 1 is 1.05 bits per heavy atom. The minimum absolute atomic E-state index is 0.557. The molecule has 0 aliphatic rings. The summed E-state index contributed by atoms with van der Waals surface area (Å²) in [6, 6.07) is 13.2. The molecule has 2 heterocycles. The zero-order valence-corrected chi connectivity index (χ0v) is 10.8. The van der Waals surface area contributed by atoms with Crippen molar-refractivity contribution in [3.63, 3.8) is 0 Å². The van der Waals surface area contributed by atoms with Crippen LogP contribution in [0.4, 0.5) is 0 Å². The van der Waals surface area contributed by atoms with Gasteiger partial charge in [0.05, 0.1) is 0 Å². The fourth-order valence-corrected chi connectivity index (χ4v) is 1.86. The normalized spacial score (nSPS) is 10.6. The first-order valence-electron chi connectivity index (χ1n) is 5.84. The van der Waals surface area contributed by atoms with Crippen molar-refractivity contribution in [2.45, 2.75) is 6.54 Å². The first kappa shape index (κ1) is 11.9. The number of pyridine rings is 1. The number of rotatable bonds is 3. The van der Waals surface area contributed by atoms with Gasteiger partial charge in [0.2, 0.25) is 12.4 Å². The lowest BCUT2D eigenvalue weighted by atomic mass is 10.2. The topological polar surface area (TPSA) is 42.8 Å². The molecule has 2 aromatic heterocycles. The van der Waals surface area contributed by atoms with E-state index < -0.39 is 0 Å². The standard InChI is InChI=1S/C14H11ClN3O/c15-12-6-4-11(5-7-12)14-16-13(19-17-14)10-18-8-2-1-3-9-18/h1-9H,10H2/q+1. The second-order valence-corrected chi connectivity index (χ2v) is 4.50. The maximum Gasteiger partial charge on any atom is 0.292 e. The molecule has 0 unspecified atom stereocenters. The Morgan fingerprint density at radius 2 is 1.79 bits per heavy atom. The molecule has 0 radical (unpaired) electrons. The molecule has 0 aliphatic carbocycles. The third-order valence-electron chi connectivity index (χ3n) is 2.67. The maximum absolute atomic E-state index is 5.84. The number of benzene rings is 1. The summed E-state index contributed by atoms with van der Waals surface area (Å²) in [6.07, 6.45) is 3.90. The summed E-state index contributed by atoms with van der Waals surface area (Å²) in [5.74, 6) is 1.14. The molecule has 0 saturated heterocycles. The van der Waals surface area contributed by atoms with Gasteiger partial charge in [-0.15, -0.1) is 0 Å². The van der Waals surface area contributed by atoms with Crippen LogP contribution in [0.2, 0.25) is 5.02 Å². The van der Waals surface area contributed by atoms with Gasteiger partial charge in [-0.3, -0.25) is 0 Å². The average molecular weight is 273 g/mol. The Balaban J connectivity index is 1.82. The van der Waals surface area contributed by atoms with Crippen LogP contribution in [0.5, 0.6) is 0 Å². The predicted molar refractivity (Wildman–Crippen MR) is 70.5 cm³/mol. The molecule has 4 nitrogen and oxygen atoms in total. The van der Waals surface area contributed by atoms with Crippen molar-refractivity contribution in [3.8, 4) is 11.4 Å². The van der Waals surface area contributed by atoms with Gasteiger partial charge < -0.3 is 4.52 Å². The van der Waals surface area contributed by atoms with Crippen LogP contribution in [0, 0.1) is 0 Å². The SMILES string of the molecule is Clc1ccc(-c2noc(C[n+]3ccccc3)n2)cc1. The maximum atomic E-state index is 5.84. The van der Waals surface area contributed by atoms with Gasteiger partial charge in [0.1, 0.15) is 0 Å². The highest BCUT2D eigenvalue weighted by molar-refractivity contribution is 6.30. The van der Waals surface area contributed by atoms with Gasteiger partial charge in [-0.2, -0.15) is 9.55 Å². The lowest BCUT2D eigenvalue weighted by Gasteiger charge is -1.93. The van der Waals surface area contributed by atoms with E-state index in [1.807, 2.05) is 47.3 Å². The molecule has 0 atom stereocenters. The van der Waals surface area contributed by atoms with Crippen molar-refractivity contribution in [2.24, 2.45) is 0 Å². The molecule has 0 fully saturated rings. The van der Waals surface area contributed by atoms with Gasteiger partial charge >= 0.3 is 0 Å². The molecule has 0 aliphatic heterocycles. The van der Waals surface area contributed by atoms with Gasteiger partial charge in [-0.1, -0.05) is 22.8 Å². The molecule has 3 rings (SSSR count). The number of halogens is 1. The summed E-state index contributed by atoms with van der Waals surface area (Å²) in [5, 5.41) is 4.66. The van der Waals surface area contributed by atoms with E-state index in [4.69, 9.17) is 16.1 Å². The molecule has 3 aromatic rings. The first-order valence-corrected chi connectivity index (χ1v) is 6.22. The summed E-state index contributed by atoms with van der Waals surface area (Å²) in [4.78, 5) is 4.36. The fourth-order valence-electron chi connectivity index (χ4n) is 1.73. The van der Waals surface area contributed by atoms with E-state index in [9.17, 15) is 0 Å². The van der Waals surface area contributed by atoms with E-state index in [0.29, 0.717) is 23.3 Å². The van der Waals surface area contributed by atoms with E-state index in [1.54, 1.807) is 12.1 Å². The van der Waals surface area contributed by atoms with Gasteiger partial charge in [0.15, 0.2) is 12.4 Å². The summed E-state index contributed by atoms with van der Waals surface area (Å²) in [7, 11) is 0. The Labute approximate surface area is 115 Å². The summed E-state index contributed by atoms with van der Waals surface area (Å²) in [5.41, 5.74) is 0.887. The largest absolute Gasteiger partial charge is 0.332 e. The summed E-state index contributed by atoms with van der Waals surface area (Å²) >= 11 is 5.84. The van der Waals surface area contributed by atoms with Crippen molar-refractivity contribution in [2.75, 3.05) is 0 Å². The van der Waals surface area contributed by atoms with Crippen molar-refractivity contribution < 1.29 is 9.09 Å². The molecule has 0 bridgehead atoms. The van der Waals surface area contributed by atoms with Gasteiger partial charge in [-0.05, 0) is 24.3 Å². The summed E-state index contributed by atoms with van der Waals surface area (Å²) < 4.78 is 7.21. The zero-order chi connectivity index (χ0) is 13.1. The van der Waals surface area contributed by atoms with Crippen LogP contribution in [-0.4, -0.2) is 10.1 Å². The van der Waals surface area contributed by atoms with Crippen LogP contribution in [0.3, 0.4) is 0 Å². The highest BCUT2D eigenvalue weighted by atomic mass is 35.5. The van der Waals surface area contributed by atoms with Crippen molar-refractivity contribution in [1.82, 2.24) is 10.1 Å². The summed E-state index contributed by atoms with van der Waals surface area (Å²) in [6.45, 7) is 0.557. The fraction of sp³-hybridized carbons (Fsp3) is 0.0714. The Bertz CT molecular complexity index is 665. The molecule has 5 heteroatoms. The van der Waals surface area contributed by atoms with E-state index in [-0.39, 0.29) is 0 Å². The molecular weight excluding hydrogens is 262 g/mol. The van der Waals surface area contributed by atoms with E-state index in [0.717, 1.165) is 5.56 Å². The predicted octanol–water partition coefficient (Wildman–Crippen LogP) is 2.73. The molecular formula is C14H11ClN3O+. The van der Waals surface area contributed by atoms with E-state index in [1.165, 1.54) is 0 Å². The van der Waals surface area contributed by atoms with Crippen molar-refractivity contribution >= 4 is 11.6 Å². The molecule has 0 N–H and O–H groups in total. The van der Waals surface area contributed by atoms with Gasteiger partial charge in [-0.25, -0.2) is 0 Å². The third-order valence-corrected chi connectivity index (χ3v) is 2.92. The van der Waals surface area contributed by atoms with Crippen LogP contribution in [0.15, 0.2) is 59.4 Å². The zero-order valence-electron chi connectivity index (χ0n) is 10.0. The molecule has 0 amide bonds. The average Bonchev–Trinajstić information content (AvgIpc) is 2.89. The molecule has 0 spiro atoms. The molecule has 1 aromatic carbocycles. The number of hydrogen-bond donors (Lipinski definition) is 0. The lowest BCUT2D eigenvalue weighted by molar-refractivity contribution is -0.690. The molecule has 0 saturated carbocycles. The van der Waals surface area contributed by atoms with Crippen molar-refractivity contribution in [1.29, 1.82) is 0 Å². The van der Waals surface area contributed by atoms with Crippen LogP contribution in [-0.2, 0) is 6.54 Å². The second kappa shape index (κ2) is 5.20. The van der Waals surface area contributed by atoms with Crippen LogP contribution >= 0.6 is 11.6 Å². The van der Waals surface area contributed by atoms with Crippen LogP contribution < -0.4 is 4.57 Å². The van der Waals surface area contributed by atoms with Gasteiger partial charge in [0.25, 0.3) is 5.89 Å². The molecule has 94 valence electrons. The smallest absolute Gasteiger partial charge is 0.292 e. The Kier molecular flexibility index (Phi) is 3.25. The Hall–Kier alpha value is -2.20. The highest BCUT2D eigenvalue weighted by Gasteiger charge is 2.12. The van der Waals surface area contributed by atoms with E-state index in [2.05, 4.69) is 10.1 Å². The number of aromatic nitrogens is 3. The number of hydrogen-bond acceptors (Lipinski definition) is 3. The first-order chi connectivity index (χ1) is 9.31. The van der Waals surface area contributed by atoms with Crippen molar-refractivity contribution in [3.05, 3.63) is 65.8 Å². The number of nitrogens with zero attached hydrogens (tertiary/aromatic N) is 3. The van der Waals surface area contributed by atoms with E-state index >= 15 is 0 Å². The second-order valence-electron chi connectivity index (χ2n) is 4.07. The van der Waals surface area contributed by atoms with Crippen LogP contribution in [0.1, 0.15) is 5.89 Å².